The van der Waals surface area contributed by atoms with Crippen LogP contribution in [0.15, 0.2) is 18.2 Å². The van der Waals surface area contributed by atoms with E-state index >= 15 is 0 Å². The highest BCUT2D eigenvalue weighted by molar-refractivity contribution is 5.17. The second-order valence-corrected chi connectivity index (χ2v) is 5.66. The molecule has 1 unspecified atom stereocenters. The van der Waals surface area contributed by atoms with Gasteiger partial charge in [0.1, 0.15) is 11.6 Å². The number of nitrogens with zero attached hydrogens (tertiary/aromatic N) is 1. The molecule has 4 heteroatoms. The van der Waals surface area contributed by atoms with Crippen LogP contribution in [-0.4, -0.2) is 30.6 Å². The van der Waals surface area contributed by atoms with Crippen LogP contribution < -0.4 is 5.32 Å². The van der Waals surface area contributed by atoms with Crippen molar-refractivity contribution < 1.29 is 8.78 Å². The Bertz CT molecular complexity index is 397. The van der Waals surface area contributed by atoms with E-state index in [1.165, 1.54) is 25.0 Å². The SMILES string of the molecule is CCCCN(Cc1cc(F)cc(F)c1)CC1CCCN1. The number of benzene rings is 1. The van der Waals surface area contributed by atoms with Gasteiger partial charge in [0.05, 0.1) is 0 Å². The highest BCUT2D eigenvalue weighted by Gasteiger charge is 2.18. The smallest absolute Gasteiger partial charge is 0.126 e. The van der Waals surface area contributed by atoms with Gasteiger partial charge in [0.25, 0.3) is 0 Å². The van der Waals surface area contributed by atoms with E-state index in [1.807, 2.05) is 0 Å². The van der Waals surface area contributed by atoms with Crippen molar-refractivity contribution in [3.05, 3.63) is 35.4 Å². The van der Waals surface area contributed by atoms with Crippen LogP contribution in [0.2, 0.25) is 0 Å². The number of hydrogen-bond acceptors (Lipinski definition) is 2. The van der Waals surface area contributed by atoms with Crippen LogP contribution in [0, 0.1) is 11.6 Å². The zero-order chi connectivity index (χ0) is 14.4. The van der Waals surface area contributed by atoms with Crippen molar-refractivity contribution >= 4 is 0 Å². The molecule has 1 aliphatic heterocycles. The molecule has 1 saturated heterocycles. The molecule has 0 saturated carbocycles. The van der Waals surface area contributed by atoms with Crippen molar-refractivity contribution in [1.29, 1.82) is 0 Å². The molecule has 2 rings (SSSR count). The summed E-state index contributed by atoms with van der Waals surface area (Å²) in [4.78, 5) is 2.31. The minimum Gasteiger partial charge on any atom is -0.313 e. The van der Waals surface area contributed by atoms with Crippen molar-refractivity contribution in [2.45, 2.75) is 45.2 Å². The van der Waals surface area contributed by atoms with Gasteiger partial charge < -0.3 is 5.32 Å². The number of rotatable bonds is 7. The van der Waals surface area contributed by atoms with E-state index in [0.29, 0.717) is 12.6 Å². The second kappa shape index (κ2) is 7.70. The summed E-state index contributed by atoms with van der Waals surface area (Å²) >= 11 is 0. The summed E-state index contributed by atoms with van der Waals surface area (Å²) in [6.45, 7) is 5.80. The van der Waals surface area contributed by atoms with Crippen LogP contribution in [0.5, 0.6) is 0 Å². The van der Waals surface area contributed by atoms with Gasteiger partial charge in [-0.2, -0.15) is 0 Å². The average Bonchev–Trinajstić information content (AvgIpc) is 2.87. The molecule has 1 fully saturated rings. The Kier molecular flexibility index (Phi) is 5.92. The van der Waals surface area contributed by atoms with E-state index in [9.17, 15) is 8.78 Å². The van der Waals surface area contributed by atoms with E-state index in [1.54, 1.807) is 0 Å². The summed E-state index contributed by atoms with van der Waals surface area (Å²) in [5, 5.41) is 3.48. The summed E-state index contributed by atoms with van der Waals surface area (Å²) in [6.07, 6.45) is 4.66. The molecule has 0 radical (unpaired) electrons. The predicted octanol–water partition coefficient (Wildman–Crippen LogP) is 3.32. The monoisotopic (exact) mass is 282 g/mol. The Morgan fingerprint density at radius 3 is 2.60 bits per heavy atom. The first-order chi connectivity index (χ1) is 9.67. The molecule has 1 N–H and O–H groups in total. The summed E-state index contributed by atoms with van der Waals surface area (Å²) in [5.74, 6) is -0.983. The van der Waals surface area contributed by atoms with Crippen molar-refractivity contribution in [3.63, 3.8) is 0 Å². The van der Waals surface area contributed by atoms with Gasteiger partial charge in [0.15, 0.2) is 0 Å². The maximum atomic E-state index is 13.3. The van der Waals surface area contributed by atoms with Gasteiger partial charge in [0, 0.05) is 25.2 Å². The molecule has 1 aliphatic rings. The highest BCUT2D eigenvalue weighted by atomic mass is 19.1. The Labute approximate surface area is 120 Å². The summed E-state index contributed by atoms with van der Waals surface area (Å²) in [5.41, 5.74) is 0.719. The normalized spacial score (nSPS) is 18.9. The average molecular weight is 282 g/mol. The lowest BCUT2D eigenvalue weighted by Gasteiger charge is -2.25. The van der Waals surface area contributed by atoms with Crippen LogP contribution in [0.1, 0.15) is 38.2 Å². The fraction of sp³-hybridized carbons (Fsp3) is 0.625. The quantitative estimate of drug-likeness (QED) is 0.825. The van der Waals surface area contributed by atoms with Crippen LogP contribution >= 0.6 is 0 Å². The van der Waals surface area contributed by atoms with E-state index < -0.39 is 11.6 Å². The molecule has 1 aromatic rings. The van der Waals surface area contributed by atoms with Gasteiger partial charge in [0.2, 0.25) is 0 Å². The van der Waals surface area contributed by atoms with Gasteiger partial charge in [-0.1, -0.05) is 13.3 Å². The molecule has 0 aliphatic carbocycles. The second-order valence-electron chi connectivity index (χ2n) is 5.66. The minimum atomic E-state index is -0.491. The zero-order valence-corrected chi connectivity index (χ0v) is 12.2. The largest absolute Gasteiger partial charge is 0.313 e. The zero-order valence-electron chi connectivity index (χ0n) is 12.2. The van der Waals surface area contributed by atoms with Crippen molar-refractivity contribution in [2.75, 3.05) is 19.6 Å². The molecular formula is C16H24F2N2. The number of halogens is 2. The van der Waals surface area contributed by atoms with Gasteiger partial charge >= 0.3 is 0 Å². The lowest BCUT2D eigenvalue weighted by Crippen LogP contribution is -2.37. The summed E-state index contributed by atoms with van der Waals surface area (Å²) in [7, 11) is 0. The molecule has 1 heterocycles. The number of nitrogens with one attached hydrogen (secondary N) is 1. The number of unbranched alkanes of at least 4 members (excludes halogenated alkanes) is 1. The molecule has 20 heavy (non-hydrogen) atoms. The molecule has 1 atom stereocenters. The third-order valence-electron chi connectivity index (χ3n) is 3.80. The molecule has 2 nitrogen and oxygen atoms in total. The van der Waals surface area contributed by atoms with E-state index in [2.05, 4.69) is 17.1 Å². The first kappa shape index (κ1) is 15.4. The van der Waals surface area contributed by atoms with Gasteiger partial charge in [-0.05, 0) is 50.0 Å². The van der Waals surface area contributed by atoms with Gasteiger partial charge in [-0.3, -0.25) is 4.90 Å². The lowest BCUT2D eigenvalue weighted by atomic mass is 10.1. The molecular weight excluding hydrogens is 258 g/mol. The maximum absolute atomic E-state index is 13.3. The van der Waals surface area contributed by atoms with Crippen molar-refractivity contribution in [1.82, 2.24) is 10.2 Å². The van der Waals surface area contributed by atoms with E-state index in [4.69, 9.17) is 0 Å². The van der Waals surface area contributed by atoms with Gasteiger partial charge in [-0.15, -0.1) is 0 Å². The molecule has 0 bridgehead atoms. The Morgan fingerprint density at radius 2 is 2.00 bits per heavy atom. The molecule has 0 amide bonds. The summed E-state index contributed by atoms with van der Waals surface area (Å²) in [6, 6.07) is 4.32. The Morgan fingerprint density at radius 1 is 1.25 bits per heavy atom. The minimum absolute atomic E-state index is 0.491. The van der Waals surface area contributed by atoms with Crippen LogP contribution in [0.25, 0.3) is 0 Å². The predicted molar refractivity (Wildman–Crippen MR) is 77.6 cm³/mol. The van der Waals surface area contributed by atoms with Gasteiger partial charge in [-0.25, -0.2) is 8.78 Å². The van der Waals surface area contributed by atoms with Crippen molar-refractivity contribution in [2.24, 2.45) is 0 Å². The fourth-order valence-corrected chi connectivity index (χ4v) is 2.80. The Balaban J connectivity index is 1.97. The highest BCUT2D eigenvalue weighted by Crippen LogP contribution is 2.14. The Hall–Kier alpha value is -1.00. The van der Waals surface area contributed by atoms with E-state index in [-0.39, 0.29) is 0 Å². The first-order valence-electron chi connectivity index (χ1n) is 7.58. The van der Waals surface area contributed by atoms with Crippen LogP contribution in [0.3, 0.4) is 0 Å². The third kappa shape index (κ3) is 4.84. The lowest BCUT2D eigenvalue weighted by molar-refractivity contribution is 0.237. The maximum Gasteiger partial charge on any atom is 0.126 e. The number of hydrogen-bond donors (Lipinski definition) is 1. The standard InChI is InChI=1S/C16H24F2N2/c1-2-3-7-20(12-16-5-4-6-19-16)11-13-8-14(17)10-15(18)9-13/h8-10,16,19H,2-7,11-12H2,1H3. The van der Waals surface area contributed by atoms with E-state index in [0.717, 1.165) is 44.1 Å². The molecule has 112 valence electrons. The molecule has 0 spiro atoms. The topological polar surface area (TPSA) is 15.3 Å². The molecule has 0 aromatic heterocycles. The van der Waals surface area contributed by atoms with Crippen LogP contribution in [0.4, 0.5) is 8.78 Å². The third-order valence-corrected chi connectivity index (χ3v) is 3.80. The van der Waals surface area contributed by atoms with Crippen LogP contribution in [-0.2, 0) is 6.54 Å². The summed E-state index contributed by atoms with van der Waals surface area (Å²) < 4.78 is 26.5. The fourth-order valence-electron chi connectivity index (χ4n) is 2.80. The first-order valence-corrected chi connectivity index (χ1v) is 7.58. The molecule has 1 aromatic carbocycles. The van der Waals surface area contributed by atoms with Crippen molar-refractivity contribution in [3.8, 4) is 0 Å².